The number of aryl methyl sites for hydroxylation is 1. The number of carbonyl (C=O) groups is 1. The van der Waals surface area contributed by atoms with Crippen molar-refractivity contribution in [2.24, 2.45) is 5.92 Å². The molecule has 0 radical (unpaired) electrons. The molecule has 1 unspecified atom stereocenters. The van der Waals surface area contributed by atoms with E-state index in [1.165, 1.54) is 5.56 Å². The molecule has 3 rings (SSSR count). The molecule has 5 nitrogen and oxygen atoms in total. The van der Waals surface area contributed by atoms with Gasteiger partial charge < -0.3 is 19.9 Å². The van der Waals surface area contributed by atoms with Gasteiger partial charge in [0.05, 0.1) is 18.5 Å². The summed E-state index contributed by atoms with van der Waals surface area (Å²) in [6.07, 6.45) is 1.86. The molecule has 0 spiro atoms. The van der Waals surface area contributed by atoms with Gasteiger partial charge in [0.25, 0.3) is 0 Å². The molecule has 5 heteroatoms. The first-order valence-corrected chi connectivity index (χ1v) is 8.63. The van der Waals surface area contributed by atoms with E-state index in [1.54, 1.807) is 7.11 Å². The van der Waals surface area contributed by atoms with Crippen LogP contribution in [0.2, 0.25) is 0 Å². The van der Waals surface area contributed by atoms with Gasteiger partial charge in [0.15, 0.2) is 0 Å². The first kappa shape index (κ1) is 16.1. The summed E-state index contributed by atoms with van der Waals surface area (Å²) in [7, 11) is 1.71. The van der Waals surface area contributed by atoms with Gasteiger partial charge >= 0.3 is 0 Å². The van der Waals surface area contributed by atoms with E-state index in [0.29, 0.717) is 6.54 Å². The molecule has 2 heterocycles. The van der Waals surface area contributed by atoms with Crippen molar-refractivity contribution < 1.29 is 9.53 Å². The smallest absolute Gasteiger partial charge is 0.229 e. The van der Waals surface area contributed by atoms with Crippen LogP contribution >= 0.6 is 0 Å². The highest BCUT2D eigenvalue weighted by Crippen LogP contribution is 2.39. The molecule has 1 fully saturated rings. The number of rotatable bonds is 3. The highest BCUT2D eigenvalue weighted by atomic mass is 16.5. The molecule has 23 heavy (non-hydrogen) atoms. The van der Waals surface area contributed by atoms with Gasteiger partial charge in [-0.1, -0.05) is 6.92 Å². The van der Waals surface area contributed by atoms with Gasteiger partial charge in [-0.3, -0.25) is 4.79 Å². The lowest BCUT2D eigenvalue weighted by Gasteiger charge is -2.32. The van der Waals surface area contributed by atoms with Gasteiger partial charge in [-0.05, 0) is 31.4 Å². The Kier molecular flexibility index (Phi) is 4.76. The number of fused-ring (bicyclic) bond motifs is 1. The molecule has 1 atom stereocenters. The van der Waals surface area contributed by atoms with Gasteiger partial charge in [0.1, 0.15) is 5.75 Å². The number of benzene rings is 1. The number of hydrogen-bond acceptors (Lipinski definition) is 4. The zero-order valence-corrected chi connectivity index (χ0v) is 14.4. The van der Waals surface area contributed by atoms with E-state index in [9.17, 15) is 4.79 Å². The summed E-state index contributed by atoms with van der Waals surface area (Å²) in [5.41, 5.74) is 3.45. The predicted molar refractivity (Wildman–Crippen MR) is 93.6 cm³/mol. The Morgan fingerprint density at radius 3 is 2.65 bits per heavy atom. The van der Waals surface area contributed by atoms with E-state index >= 15 is 0 Å². The van der Waals surface area contributed by atoms with Crippen LogP contribution in [0.3, 0.4) is 0 Å². The third-order valence-electron chi connectivity index (χ3n) is 4.98. The molecule has 1 aromatic rings. The van der Waals surface area contributed by atoms with Crippen molar-refractivity contribution >= 4 is 17.3 Å². The topological polar surface area (TPSA) is 44.8 Å². The predicted octanol–water partition coefficient (Wildman–Crippen LogP) is 2.04. The minimum atomic E-state index is 0.0796. The standard InChI is InChI=1S/C18H27N3O2/c1-4-21-15-12-17(23-3)16(20-9-7-19-8-10-20)11-14(15)6-5-13(2)18(21)22/h11-13,19H,4-10H2,1-3H3. The minimum Gasteiger partial charge on any atom is -0.495 e. The van der Waals surface area contributed by atoms with Crippen LogP contribution in [0.25, 0.3) is 0 Å². The van der Waals surface area contributed by atoms with Crippen LogP contribution in [0.1, 0.15) is 25.8 Å². The quantitative estimate of drug-likeness (QED) is 0.927. The zero-order chi connectivity index (χ0) is 16.4. The zero-order valence-electron chi connectivity index (χ0n) is 14.4. The van der Waals surface area contributed by atoms with Crippen LogP contribution in [0.4, 0.5) is 11.4 Å². The van der Waals surface area contributed by atoms with E-state index in [2.05, 4.69) is 22.3 Å². The largest absolute Gasteiger partial charge is 0.495 e. The van der Waals surface area contributed by atoms with Crippen LogP contribution in [-0.4, -0.2) is 45.7 Å². The fourth-order valence-corrected chi connectivity index (χ4v) is 3.58. The molecule has 2 aliphatic rings. The molecule has 126 valence electrons. The number of ether oxygens (including phenoxy) is 1. The van der Waals surface area contributed by atoms with Gasteiger partial charge in [0, 0.05) is 44.7 Å². The Labute approximate surface area is 138 Å². The second-order valence-electron chi connectivity index (χ2n) is 6.41. The maximum atomic E-state index is 12.6. The van der Waals surface area contributed by atoms with Crippen LogP contribution in [0, 0.1) is 5.92 Å². The first-order valence-electron chi connectivity index (χ1n) is 8.63. The van der Waals surface area contributed by atoms with Crippen LogP contribution in [0.5, 0.6) is 5.75 Å². The summed E-state index contributed by atoms with van der Waals surface area (Å²) in [5.74, 6) is 1.17. The van der Waals surface area contributed by atoms with Gasteiger partial charge in [-0.25, -0.2) is 0 Å². The Balaban J connectivity index is 2.04. The number of piperazine rings is 1. The third kappa shape index (κ3) is 3.02. The number of carbonyl (C=O) groups excluding carboxylic acids is 1. The molecule has 1 amide bonds. The number of methoxy groups -OCH3 is 1. The van der Waals surface area contributed by atoms with Crippen molar-refractivity contribution in [2.75, 3.05) is 49.6 Å². The van der Waals surface area contributed by atoms with Crippen molar-refractivity contribution in [3.05, 3.63) is 17.7 Å². The molecule has 0 aromatic heterocycles. The molecule has 2 aliphatic heterocycles. The number of nitrogens with one attached hydrogen (secondary N) is 1. The van der Waals surface area contributed by atoms with Crippen molar-refractivity contribution in [3.8, 4) is 5.75 Å². The Morgan fingerprint density at radius 1 is 1.26 bits per heavy atom. The van der Waals surface area contributed by atoms with E-state index in [1.807, 2.05) is 18.7 Å². The minimum absolute atomic E-state index is 0.0796. The average Bonchev–Trinajstić information content (AvgIpc) is 2.71. The van der Waals surface area contributed by atoms with E-state index in [0.717, 1.165) is 56.1 Å². The molecule has 0 aliphatic carbocycles. The Morgan fingerprint density at radius 2 is 2.00 bits per heavy atom. The maximum absolute atomic E-state index is 12.6. The van der Waals surface area contributed by atoms with E-state index in [-0.39, 0.29) is 11.8 Å². The second-order valence-corrected chi connectivity index (χ2v) is 6.41. The first-order chi connectivity index (χ1) is 11.2. The van der Waals surface area contributed by atoms with Crippen molar-refractivity contribution in [2.45, 2.75) is 26.7 Å². The van der Waals surface area contributed by atoms with Gasteiger partial charge in [-0.15, -0.1) is 0 Å². The lowest BCUT2D eigenvalue weighted by molar-refractivity contribution is -0.121. The summed E-state index contributed by atoms with van der Waals surface area (Å²) in [6, 6.07) is 4.31. The Bertz CT molecular complexity index is 582. The maximum Gasteiger partial charge on any atom is 0.229 e. The van der Waals surface area contributed by atoms with E-state index < -0.39 is 0 Å². The normalized spacial score (nSPS) is 21.9. The SMILES string of the molecule is CCN1C(=O)C(C)CCc2cc(N3CCNCC3)c(OC)cc21. The summed E-state index contributed by atoms with van der Waals surface area (Å²) in [4.78, 5) is 16.9. The van der Waals surface area contributed by atoms with Gasteiger partial charge in [-0.2, -0.15) is 0 Å². The summed E-state index contributed by atoms with van der Waals surface area (Å²) < 4.78 is 5.66. The molecular weight excluding hydrogens is 290 g/mol. The average molecular weight is 317 g/mol. The van der Waals surface area contributed by atoms with Crippen molar-refractivity contribution in [1.29, 1.82) is 0 Å². The van der Waals surface area contributed by atoms with Crippen molar-refractivity contribution in [1.82, 2.24) is 5.32 Å². The van der Waals surface area contributed by atoms with Crippen LogP contribution in [-0.2, 0) is 11.2 Å². The highest BCUT2D eigenvalue weighted by molar-refractivity contribution is 5.97. The Hall–Kier alpha value is -1.75. The van der Waals surface area contributed by atoms with Crippen molar-refractivity contribution in [3.63, 3.8) is 0 Å². The third-order valence-corrected chi connectivity index (χ3v) is 4.98. The molecule has 1 N–H and O–H groups in total. The van der Waals surface area contributed by atoms with Crippen LogP contribution < -0.4 is 19.9 Å². The van der Waals surface area contributed by atoms with E-state index in [4.69, 9.17) is 4.74 Å². The van der Waals surface area contributed by atoms with Gasteiger partial charge in [0.2, 0.25) is 5.91 Å². The fraction of sp³-hybridized carbons (Fsp3) is 0.611. The monoisotopic (exact) mass is 317 g/mol. The molecular formula is C18H27N3O2. The summed E-state index contributed by atoms with van der Waals surface area (Å²) >= 11 is 0. The number of hydrogen-bond donors (Lipinski definition) is 1. The second kappa shape index (κ2) is 6.79. The molecule has 1 aromatic carbocycles. The number of nitrogens with zero attached hydrogens (tertiary/aromatic N) is 2. The highest BCUT2D eigenvalue weighted by Gasteiger charge is 2.28. The fourth-order valence-electron chi connectivity index (χ4n) is 3.58. The summed E-state index contributed by atoms with van der Waals surface area (Å²) in [6.45, 7) is 8.74. The lowest BCUT2D eigenvalue weighted by atomic mass is 10.0. The molecule has 1 saturated heterocycles. The van der Waals surface area contributed by atoms with Crippen LogP contribution in [0.15, 0.2) is 12.1 Å². The molecule has 0 bridgehead atoms. The number of amides is 1. The lowest BCUT2D eigenvalue weighted by Crippen LogP contribution is -2.43. The molecule has 0 saturated carbocycles. The summed E-state index contributed by atoms with van der Waals surface area (Å²) in [5, 5.41) is 3.39. The number of anilines is 2.